The van der Waals surface area contributed by atoms with Crippen molar-refractivity contribution in [3.8, 4) is 0 Å². The van der Waals surface area contributed by atoms with Gasteiger partial charge in [0.25, 0.3) is 0 Å². The zero-order chi connectivity index (χ0) is 13.4. The summed E-state index contributed by atoms with van der Waals surface area (Å²) >= 11 is 7.35. The molecule has 0 N–H and O–H groups in total. The van der Waals surface area contributed by atoms with Crippen LogP contribution < -0.4 is 0 Å². The third kappa shape index (κ3) is 4.60. The lowest BCUT2D eigenvalue weighted by Crippen LogP contribution is -2.11. The minimum Gasteiger partial charge on any atom is -0.308 e. The third-order valence-electron chi connectivity index (χ3n) is 2.12. The van der Waals surface area contributed by atoms with Gasteiger partial charge in [-0.05, 0) is 26.0 Å². The minimum absolute atomic E-state index is 0.219. The Labute approximate surface area is 118 Å². The predicted octanol–water partition coefficient (Wildman–Crippen LogP) is 4.61. The highest BCUT2D eigenvalue weighted by molar-refractivity contribution is 8.05. The van der Waals surface area contributed by atoms with Crippen molar-refractivity contribution in [2.24, 2.45) is 0 Å². The monoisotopic (exact) mass is 308 g/mol. The quantitative estimate of drug-likeness (QED) is 0.399. The Hall–Kier alpha value is 0.01000. The van der Waals surface area contributed by atoms with Crippen LogP contribution in [0.15, 0.2) is 35.2 Å². The first-order valence-electron chi connectivity index (χ1n) is 5.82. The van der Waals surface area contributed by atoms with E-state index in [1.807, 2.05) is 30.3 Å². The average molecular weight is 309 g/mol. The fraction of sp³-hybridized carbons (Fsp3) is 0.500. The molecule has 1 aromatic carbocycles. The van der Waals surface area contributed by atoms with Crippen molar-refractivity contribution in [3.63, 3.8) is 0 Å². The summed E-state index contributed by atoms with van der Waals surface area (Å²) in [5, 5.41) is 0. The van der Waals surface area contributed by atoms with Gasteiger partial charge in [0.05, 0.1) is 13.2 Å². The lowest BCUT2D eigenvalue weighted by Gasteiger charge is -2.24. The Morgan fingerprint density at radius 2 is 1.78 bits per heavy atom. The molecule has 1 unspecified atom stereocenters. The van der Waals surface area contributed by atoms with Crippen molar-refractivity contribution in [2.75, 3.05) is 19.1 Å². The van der Waals surface area contributed by atoms with Crippen LogP contribution in [0.25, 0.3) is 0 Å². The number of alkyl halides is 1. The van der Waals surface area contributed by atoms with Gasteiger partial charge in [0.2, 0.25) is 0 Å². The van der Waals surface area contributed by atoms with Gasteiger partial charge < -0.3 is 9.05 Å². The minimum atomic E-state index is -3.16. The highest BCUT2D eigenvalue weighted by Crippen LogP contribution is 2.58. The molecule has 102 valence electrons. The molecule has 0 spiro atoms. The predicted molar refractivity (Wildman–Crippen MR) is 77.7 cm³/mol. The van der Waals surface area contributed by atoms with E-state index in [1.54, 1.807) is 13.8 Å². The Kier molecular flexibility index (Phi) is 7.35. The Balaban J connectivity index is 2.82. The van der Waals surface area contributed by atoms with Gasteiger partial charge in [-0.1, -0.05) is 18.2 Å². The van der Waals surface area contributed by atoms with E-state index in [4.69, 9.17) is 20.6 Å². The second-order valence-corrected chi connectivity index (χ2v) is 7.57. The smallest absolute Gasteiger partial charge is 0.308 e. The fourth-order valence-corrected chi connectivity index (χ4v) is 5.33. The van der Waals surface area contributed by atoms with Crippen molar-refractivity contribution in [1.29, 1.82) is 0 Å². The molecule has 6 heteroatoms. The Morgan fingerprint density at radius 3 is 2.22 bits per heavy atom. The number of benzene rings is 1. The van der Waals surface area contributed by atoms with Gasteiger partial charge >= 0.3 is 7.60 Å². The summed E-state index contributed by atoms with van der Waals surface area (Å²) in [5.41, 5.74) is 0. The van der Waals surface area contributed by atoms with Crippen LogP contribution >= 0.6 is 31.0 Å². The first kappa shape index (κ1) is 16.1. The summed E-state index contributed by atoms with van der Waals surface area (Å²) < 4.78 is 23.2. The van der Waals surface area contributed by atoms with E-state index < -0.39 is 7.60 Å². The second kappa shape index (κ2) is 8.23. The van der Waals surface area contributed by atoms with Crippen molar-refractivity contribution >= 4 is 31.0 Å². The maximum Gasteiger partial charge on any atom is 0.345 e. The van der Waals surface area contributed by atoms with E-state index in [2.05, 4.69) is 0 Å². The Morgan fingerprint density at radius 1 is 1.22 bits per heavy atom. The largest absolute Gasteiger partial charge is 0.345 e. The third-order valence-corrected chi connectivity index (χ3v) is 7.02. The maximum absolute atomic E-state index is 12.6. The van der Waals surface area contributed by atoms with E-state index in [0.29, 0.717) is 13.2 Å². The molecule has 0 saturated carbocycles. The lowest BCUT2D eigenvalue weighted by atomic mass is 10.4. The summed E-state index contributed by atoms with van der Waals surface area (Å²) in [7, 11) is -3.16. The SMILES string of the molecule is CCOP(=O)(OCC)C(CCl)Sc1ccccc1. The van der Waals surface area contributed by atoms with Crippen molar-refractivity contribution in [2.45, 2.75) is 23.7 Å². The van der Waals surface area contributed by atoms with Crippen LogP contribution in [0.1, 0.15) is 13.8 Å². The molecular weight excluding hydrogens is 291 g/mol. The topological polar surface area (TPSA) is 35.5 Å². The van der Waals surface area contributed by atoms with Crippen LogP contribution in [0.3, 0.4) is 0 Å². The summed E-state index contributed by atoms with van der Waals surface area (Å²) in [4.78, 5) is 0.615. The van der Waals surface area contributed by atoms with Gasteiger partial charge in [0.15, 0.2) is 0 Å². The zero-order valence-corrected chi connectivity index (χ0v) is 13.0. The zero-order valence-electron chi connectivity index (χ0n) is 10.5. The molecule has 0 saturated heterocycles. The van der Waals surface area contributed by atoms with Gasteiger partial charge in [-0.15, -0.1) is 23.4 Å². The molecule has 0 heterocycles. The molecule has 3 nitrogen and oxygen atoms in total. The van der Waals surface area contributed by atoms with Gasteiger partial charge in [-0.3, -0.25) is 4.57 Å². The molecule has 0 aliphatic rings. The molecule has 0 aliphatic heterocycles. The maximum atomic E-state index is 12.6. The summed E-state index contributed by atoms with van der Waals surface area (Å²) in [5.74, 6) is 0.219. The van der Waals surface area contributed by atoms with Gasteiger partial charge in [0.1, 0.15) is 4.99 Å². The summed E-state index contributed by atoms with van der Waals surface area (Å²) in [6.45, 7) is 4.29. The number of halogens is 1. The number of hydrogen-bond acceptors (Lipinski definition) is 4. The standard InChI is InChI=1S/C12H18ClO3PS/c1-3-15-17(14,16-4-2)12(10-13)18-11-8-6-5-7-9-11/h5-9,12H,3-4,10H2,1-2H3. The first-order chi connectivity index (χ1) is 8.66. The first-order valence-corrected chi connectivity index (χ1v) is 8.85. The average Bonchev–Trinajstić information content (AvgIpc) is 2.37. The van der Waals surface area contributed by atoms with Crippen LogP contribution in [0, 0.1) is 0 Å². The molecule has 0 aliphatic carbocycles. The highest BCUT2D eigenvalue weighted by Gasteiger charge is 2.35. The number of hydrogen-bond donors (Lipinski definition) is 0. The van der Waals surface area contributed by atoms with Gasteiger partial charge in [0, 0.05) is 10.8 Å². The van der Waals surface area contributed by atoms with E-state index in [-0.39, 0.29) is 10.9 Å². The lowest BCUT2D eigenvalue weighted by molar-refractivity contribution is 0.219. The van der Waals surface area contributed by atoms with Crippen LogP contribution in [-0.2, 0) is 13.6 Å². The molecule has 0 bridgehead atoms. The van der Waals surface area contributed by atoms with Crippen LogP contribution in [0.4, 0.5) is 0 Å². The van der Waals surface area contributed by atoms with Crippen LogP contribution in [0.5, 0.6) is 0 Å². The molecule has 0 fully saturated rings. The van der Waals surface area contributed by atoms with Crippen molar-refractivity contribution in [1.82, 2.24) is 0 Å². The molecule has 0 aromatic heterocycles. The van der Waals surface area contributed by atoms with Crippen molar-refractivity contribution in [3.05, 3.63) is 30.3 Å². The highest BCUT2D eigenvalue weighted by atomic mass is 35.5. The summed E-state index contributed by atoms with van der Waals surface area (Å²) in [6, 6.07) is 9.70. The van der Waals surface area contributed by atoms with E-state index >= 15 is 0 Å². The normalized spacial score (nSPS) is 13.5. The molecule has 0 amide bonds. The van der Waals surface area contributed by atoms with Gasteiger partial charge in [-0.25, -0.2) is 0 Å². The second-order valence-electron chi connectivity index (χ2n) is 3.42. The molecule has 1 aromatic rings. The molecule has 1 rings (SSSR count). The Bertz CT molecular complexity index is 378. The van der Waals surface area contributed by atoms with Gasteiger partial charge in [-0.2, -0.15) is 0 Å². The van der Waals surface area contributed by atoms with E-state index in [1.165, 1.54) is 11.8 Å². The summed E-state index contributed by atoms with van der Waals surface area (Å²) in [6.07, 6.45) is 0. The molecule has 18 heavy (non-hydrogen) atoms. The fourth-order valence-electron chi connectivity index (χ4n) is 1.40. The molecular formula is C12H18ClO3PS. The van der Waals surface area contributed by atoms with E-state index in [9.17, 15) is 4.57 Å². The number of rotatable bonds is 8. The van der Waals surface area contributed by atoms with Crippen LogP contribution in [0.2, 0.25) is 0 Å². The number of thioether (sulfide) groups is 1. The molecule has 1 atom stereocenters. The van der Waals surface area contributed by atoms with Crippen molar-refractivity contribution < 1.29 is 13.6 Å². The van der Waals surface area contributed by atoms with E-state index in [0.717, 1.165) is 4.90 Å². The van der Waals surface area contributed by atoms with Crippen LogP contribution in [-0.4, -0.2) is 24.1 Å². The molecule has 0 radical (unpaired) electrons.